The molecule has 0 aliphatic heterocycles. The van der Waals surface area contributed by atoms with Crippen LogP contribution in [0.15, 0.2) is 24.3 Å². The fourth-order valence-corrected chi connectivity index (χ4v) is 2.42. The highest BCUT2D eigenvalue weighted by atomic mass is 16.4. The van der Waals surface area contributed by atoms with Crippen molar-refractivity contribution in [2.45, 2.75) is 46.1 Å². The molecule has 2 rings (SSSR count). The molecule has 2 unspecified atom stereocenters. The molecular weight excluding hydrogens is 280 g/mol. The van der Waals surface area contributed by atoms with E-state index in [0.29, 0.717) is 12.2 Å². The van der Waals surface area contributed by atoms with Crippen LogP contribution in [0, 0.1) is 12.8 Å². The summed E-state index contributed by atoms with van der Waals surface area (Å²) in [4.78, 5) is 11.5. The average molecular weight is 302 g/mol. The zero-order chi connectivity index (χ0) is 16.1. The second-order valence-corrected chi connectivity index (χ2v) is 5.69. The quantitative estimate of drug-likeness (QED) is 0.849. The zero-order valence-electron chi connectivity index (χ0n) is 13.2. The van der Waals surface area contributed by atoms with Gasteiger partial charge in [0.15, 0.2) is 11.9 Å². The molecule has 1 N–H and O–H groups in total. The number of hydrogen-bond donors (Lipinski definition) is 1. The molecule has 6 nitrogen and oxygen atoms in total. The number of benzene rings is 1. The van der Waals surface area contributed by atoms with Crippen molar-refractivity contribution in [2.75, 3.05) is 0 Å². The van der Waals surface area contributed by atoms with Gasteiger partial charge in [-0.05, 0) is 35.3 Å². The number of aromatic nitrogens is 4. The number of tetrazole rings is 1. The smallest absolute Gasteiger partial charge is 0.328 e. The third kappa shape index (κ3) is 3.69. The van der Waals surface area contributed by atoms with Gasteiger partial charge >= 0.3 is 5.97 Å². The van der Waals surface area contributed by atoms with Gasteiger partial charge in [0.05, 0.1) is 0 Å². The minimum atomic E-state index is -0.891. The molecule has 0 radical (unpaired) electrons. The molecule has 2 aromatic rings. The van der Waals surface area contributed by atoms with Crippen LogP contribution in [0.4, 0.5) is 0 Å². The predicted molar refractivity (Wildman–Crippen MR) is 82.5 cm³/mol. The van der Waals surface area contributed by atoms with Crippen molar-refractivity contribution in [3.8, 4) is 0 Å². The van der Waals surface area contributed by atoms with Crippen molar-refractivity contribution >= 4 is 5.97 Å². The maximum atomic E-state index is 11.5. The molecule has 1 heterocycles. The number of hydrogen-bond acceptors (Lipinski definition) is 4. The zero-order valence-corrected chi connectivity index (χ0v) is 13.2. The van der Waals surface area contributed by atoms with E-state index in [-0.39, 0.29) is 5.92 Å². The van der Waals surface area contributed by atoms with Gasteiger partial charge < -0.3 is 5.11 Å². The van der Waals surface area contributed by atoms with Crippen LogP contribution in [-0.2, 0) is 17.6 Å². The molecule has 1 aromatic carbocycles. The normalized spacial score (nSPS) is 13.8. The van der Waals surface area contributed by atoms with Crippen LogP contribution in [-0.4, -0.2) is 31.3 Å². The summed E-state index contributed by atoms with van der Waals surface area (Å²) in [5, 5.41) is 21.1. The fraction of sp³-hybridized carbons (Fsp3) is 0.500. The van der Waals surface area contributed by atoms with E-state index in [4.69, 9.17) is 0 Å². The Morgan fingerprint density at radius 3 is 2.55 bits per heavy atom. The van der Waals surface area contributed by atoms with Gasteiger partial charge in [-0.3, -0.25) is 0 Å². The Bertz CT molecular complexity index is 621. The summed E-state index contributed by atoms with van der Waals surface area (Å²) in [6, 6.07) is 7.57. The Hall–Kier alpha value is -2.24. The van der Waals surface area contributed by atoms with Gasteiger partial charge in [0.2, 0.25) is 0 Å². The first-order valence-corrected chi connectivity index (χ1v) is 7.58. The van der Waals surface area contributed by atoms with Crippen LogP contribution in [0.5, 0.6) is 0 Å². The van der Waals surface area contributed by atoms with Gasteiger partial charge in [-0.1, -0.05) is 50.1 Å². The lowest BCUT2D eigenvalue weighted by molar-refractivity contribution is -0.143. The molecule has 118 valence electrons. The van der Waals surface area contributed by atoms with Gasteiger partial charge in [-0.25, -0.2) is 9.48 Å². The Balaban J connectivity index is 2.14. The van der Waals surface area contributed by atoms with E-state index in [9.17, 15) is 9.90 Å². The lowest BCUT2D eigenvalue weighted by Crippen LogP contribution is -2.28. The molecule has 0 aliphatic carbocycles. The largest absolute Gasteiger partial charge is 0.480 e. The number of carboxylic acids is 1. The molecule has 0 fully saturated rings. The molecule has 2 atom stereocenters. The summed E-state index contributed by atoms with van der Waals surface area (Å²) in [6.07, 6.45) is 2.16. The third-order valence-corrected chi connectivity index (χ3v) is 4.02. The summed E-state index contributed by atoms with van der Waals surface area (Å²) in [7, 11) is 0. The van der Waals surface area contributed by atoms with E-state index in [1.165, 1.54) is 15.8 Å². The van der Waals surface area contributed by atoms with Crippen molar-refractivity contribution in [1.29, 1.82) is 0 Å². The summed E-state index contributed by atoms with van der Waals surface area (Å²) in [5.41, 5.74) is 2.41. The van der Waals surface area contributed by atoms with Crippen LogP contribution in [0.3, 0.4) is 0 Å². The second kappa shape index (κ2) is 7.15. The van der Waals surface area contributed by atoms with Crippen LogP contribution >= 0.6 is 0 Å². The monoisotopic (exact) mass is 302 g/mol. The minimum Gasteiger partial charge on any atom is -0.480 e. The Kier molecular flexibility index (Phi) is 5.25. The van der Waals surface area contributed by atoms with Crippen molar-refractivity contribution in [3.05, 3.63) is 41.2 Å². The average Bonchev–Trinajstić information content (AvgIpc) is 2.94. The molecular formula is C16H22N4O2. The lowest BCUT2D eigenvalue weighted by Gasteiger charge is -2.19. The Morgan fingerprint density at radius 1 is 1.27 bits per heavy atom. The first kappa shape index (κ1) is 16.1. The molecule has 0 spiro atoms. The summed E-state index contributed by atoms with van der Waals surface area (Å²) >= 11 is 0. The molecule has 0 aliphatic rings. The molecule has 1 aromatic heterocycles. The van der Waals surface area contributed by atoms with E-state index >= 15 is 0 Å². The van der Waals surface area contributed by atoms with Crippen molar-refractivity contribution < 1.29 is 9.90 Å². The number of aliphatic carboxylic acids is 1. The summed E-state index contributed by atoms with van der Waals surface area (Å²) in [6.45, 7) is 5.93. The summed E-state index contributed by atoms with van der Waals surface area (Å²) < 4.78 is 1.46. The predicted octanol–water partition coefficient (Wildman–Crippen LogP) is 2.44. The SMILES string of the molecule is CCC(C)C(C(=O)O)n1nnnc1CCc1ccc(C)cc1. The molecule has 6 heteroatoms. The fourth-order valence-electron chi connectivity index (χ4n) is 2.42. The van der Waals surface area contributed by atoms with Gasteiger partial charge in [-0.15, -0.1) is 5.10 Å². The third-order valence-electron chi connectivity index (χ3n) is 4.02. The first-order valence-electron chi connectivity index (χ1n) is 7.58. The molecule has 0 saturated heterocycles. The number of aryl methyl sites for hydroxylation is 3. The highest BCUT2D eigenvalue weighted by Gasteiger charge is 2.29. The topological polar surface area (TPSA) is 80.9 Å². The molecule has 0 saturated carbocycles. The Morgan fingerprint density at radius 2 is 1.95 bits per heavy atom. The van der Waals surface area contributed by atoms with Crippen LogP contribution in [0.2, 0.25) is 0 Å². The second-order valence-electron chi connectivity index (χ2n) is 5.69. The number of rotatable bonds is 7. The van der Waals surface area contributed by atoms with Crippen molar-refractivity contribution in [1.82, 2.24) is 20.2 Å². The van der Waals surface area contributed by atoms with Gasteiger partial charge in [-0.2, -0.15) is 0 Å². The number of carbonyl (C=O) groups is 1. The van der Waals surface area contributed by atoms with Crippen LogP contribution in [0.25, 0.3) is 0 Å². The summed E-state index contributed by atoms with van der Waals surface area (Å²) in [5.74, 6) is -0.300. The maximum Gasteiger partial charge on any atom is 0.328 e. The Labute approximate surface area is 130 Å². The van der Waals surface area contributed by atoms with E-state index in [1.54, 1.807) is 0 Å². The van der Waals surface area contributed by atoms with Gasteiger partial charge in [0, 0.05) is 6.42 Å². The van der Waals surface area contributed by atoms with E-state index in [0.717, 1.165) is 12.8 Å². The van der Waals surface area contributed by atoms with E-state index in [1.807, 2.05) is 20.8 Å². The van der Waals surface area contributed by atoms with Crippen molar-refractivity contribution in [3.63, 3.8) is 0 Å². The van der Waals surface area contributed by atoms with Crippen LogP contribution < -0.4 is 0 Å². The lowest BCUT2D eigenvalue weighted by atomic mass is 9.99. The van der Waals surface area contributed by atoms with Gasteiger partial charge in [0.1, 0.15) is 0 Å². The molecule has 22 heavy (non-hydrogen) atoms. The molecule has 0 bridgehead atoms. The molecule has 0 amide bonds. The van der Waals surface area contributed by atoms with Crippen LogP contribution in [0.1, 0.15) is 43.3 Å². The minimum absolute atomic E-state index is 0.0286. The van der Waals surface area contributed by atoms with E-state index < -0.39 is 12.0 Å². The van der Waals surface area contributed by atoms with Gasteiger partial charge in [0.25, 0.3) is 0 Å². The highest BCUT2D eigenvalue weighted by Crippen LogP contribution is 2.22. The first-order chi connectivity index (χ1) is 10.5. The highest BCUT2D eigenvalue weighted by molar-refractivity contribution is 5.72. The standard InChI is InChI=1S/C16H22N4O2/c1-4-12(3)15(16(21)22)20-14(17-18-19-20)10-9-13-7-5-11(2)6-8-13/h5-8,12,15H,4,9-10H2,1-3H3,(H,21,22). The van der Waals surface area contributed by atoms with E-state index in [2.05, 4.69) is 39.8 Å². The van der Waals surface area contributed by atoms with Crippen molar-refractivity contribution in [2.24, 2.45) is 5.92 Å². The number of carboxylic acid groups (broad SMARTS) is 1. The number of nitrogens with zero attached hydrogens (tertiary/aromatic N) is 4. The maximum absolute atomic E-state index is 11.5.